The van der Waals surface area contributed by atoms with Gasteiger partial charge in [0.2, 0.25) is 5.91 Å². The maximum atomic E-state index is 11.7. The molecule has 0 bridgehead atoms. The van der Waals surface area contributed by atoms with E-state index in [0.717, 1.165) is 37.7 Å². The molecule has 0 aliphatic carbocycles. The molecule has 20 heavy (non-hydrogen) atoms. The number of rotatable bonds is 5. The minimum atomic E-state index is 0.259. The molecule has 3 rings (SSSR count). The number of nitrogens with zero attached hydrogens (tertiary/aromatic N) is 1. The third kappa shape index (κ3) is 3.36. The average Bonchev–Trinajstić information content (AvgIpc) is 3.11. The lowest BCUT2D eigenvalue weighted by atomic mass is 10.1. The number of hydrogen-bond donors (Lipinski definition) is 1. The minimum absolute atomic E-state index is 0.259. The van der Waals surface area contributed by atoms with Crippen molar-refractivity contribution in [3.05, 3.63) is 29.8 Å². The summed E-state index contributed by atoms with van der Waals surface area (Å²) in [5.41, 5.74) is 2.34. The molecule has 1 aromatic carbocycles. The topological polar surface area (TPSA) is 32.3 Å². The zero-order valence-electron chi connectivity index (χ0n) is 11.8. The zero-order chi connectivity index (χ0) is 13.8. The van der Waals surface area contributed by atoms with Crippen LogP contribution in [0.1, 0.15) is 24.8 Å². The van der Waals surface area contributed by atoms with Crippen molar-refractivity contribution in [2.75, 3.05) is 29.5 Å². The van der Waals surface area contributed by atoms with Gasteiger partial charge in [-0.05, 0) is 54.5 Å². The van der Waals surface area contributed by atoms with Gasteiger partial charge in [0.1, 0.15) is 0 Å². The molecule has 2 fully saturated rings. The summed E-state index contributed by atoms with van der Waals surface area (Å²) in [7, 11) is 0. The van der Waals surface area contributed by atoms with E-state index in [1.807, 2.05) is 4.90 Å². The van der Waals surface area contributed by atoms with Crippen LogP contribution in [0.5, 0.6) is 0 Å². The van der Waals surface area contributed by atoms with Gasteiger partial charge < -0.3 is 10.2 Å². The van der Waals surface area contributed by atoms with Crippen LogP contribution in [0.4, 0.5) is 5.69 Å². The fourth-order valence-corrected chi connectivity index (χ4v) is 4.16. The predicted molar refractivity (Wildman–Crippen MR) is 85.2 cm³/mol. The highest BCUT2D eigenvalue weighted by Crippen LogP contribution is 2.23. The van der Waals surface area contributed by atoms with E-state index in [1.165, 1.54) is 23.5 Å². The van der Waals surface area contributed by atoms with Crippen LogP contribution in [-0.2, 0) is 11.3 Å². The number of hydrogen-bond acceptors (Lipinski definition) is 3. The van der Waals surface area contributed by atoms with E-state index in [2.05, 4.69) is 41.3 Å². The third-order valence-electron chi connectivity index (χ3n) is 4.11. The zero-order valence-corrected chi connectivity index (χ0v) is 12.6. The number of amides is 1. The van der Waals surface area contributed by atoms with Crippen LogP contribution in [-0.4, -0.2) is 30.5 Å². The lowest BCUT2D eigenvalue weighted by Gasteiger charge is -2.16. The lowest BCUT2D eigenvalue weighted by Crippen LogP contribution is -2.24. The molecule has 2 saturated heterocycles. The van der Waals surface area contributed by atoms with Crippen molar-refractivity contribution in [2.24, 2.45) is 5.92 Å². The highest BCUT2D eigenvalue weighted by Gasteiger charge is 2.21. The summed E-state index contributed by atoms with van der Waals surface area (Å²) in [4.78, 5) is 13.6. The Kier molecular flexibility index (Phi) is 4.63. The molecule has 3 nitrogen and oxygen atoms in total. The second-order valence-corrected chi connectivity index (χ2v) is 6.83. The van der Waals surface area contributed by atoms with Crippen molar-refractivity contribution in [2.45, 2.75) is 25.8 Å². The molecule has 2 aliphatic heterocycles. The molecule has 0 spiro atoms. The Morgan fingerprint density at radius 3 is 2.80 bits per heavy atom. The van der Waals surface area contributed by atoms with E-state index in [9.17, 15) is 4.79 Å². The van der Waals surface area contributed by atoms with E-state index in [4.69, 9.17) is 0 Å². The Balaban J connectivity index is 1.49. The molecule has 0 saturated carbocycles. The minimum Gasteiger partial charge on any atom is -0.312 e. The number of thioether (sulfide) groups is 1. The normalized spacial score (nSPS) is 22.7. The quantitative estimate of drug-likeness (QED) is 0.905. The van der Waals surface area contributed by atoms with Crippen LogP contribution in [0.15, 0.2) is 24.3 Å². The van der Waals surface area contributed by atoms with E-state index in [0.29, 0.717) is 6.42 Å². The van der Waals surface area contributed by atoms with Crippen LogP contribution in [0.25, 0.3) is 0 Å². The Morgan fingerprint density at radius 1 is 1.30 bits per heavy atom. The van der Waals surface area contributed by atoms with Gasteiger partial charge in [0, 0.05) is 25.2 Å². The summed E-state index contributed by atoms with van der Waals surface area (Å²) in [5.74, 6) is 3.74. The fourth-order valence-electron chi connectivity index (χ4n) is 2.88. The van der Waals surface area contributed by atoms with Gasteiger partial charge in [0.25, 0.3) is 0 Å². The summed E-state index contributed by atoms with van der Waals surface area (Å²) in [6.45, 7) is 2.92. The smallest absolute Gasteiger partial charge is 0.227 e. The third-order valence-corrected chi connectivity index (χ3v) is 5.34. The molecule has 1 aromatic rings. The SMILES string of the molecule is O=C1CCCN1c1ccc(CNCC2CCSC2)cc1. The maximum absolute atomic E-state index is 11.7. The van der Waals surface area contributed by atoms with Crippen molar-refractivity contribution >= 4 is 23.4 Å². The standard InChI is InChI=1S/C16H22N2OS/c19-16-2-1-8-18(16)15-5-3-13(4-6-15)10-17-11-14-7-9-20-12-14/h3-6,14,17H,1-2,7-12H2. The molecule has 0 radical (unpaired) electrons. The number of nitrogens with one attached hydrogen (secondary N) is 1. The van der Waals surface area contributed by atoms with Gasteiger partial charge in [-0.25, -0.2) is 0 Å². The number of anilines is 1. The van der Waals surface area contributed by atoms with Gasteiger partial charge in [0.05, 0.1) is 0 Å². The number of carbonyl (C=O) groups is 1. The summed E-state index contributed by atoms with van der Waals surface area (Å²) in [6, 6.07) is 8.42. The van der Waals surface area contributed by atoms with Crippen LogP contribution < -0.4 is 10.2 Å². The van der Waals surface area contributed by atoms with Gasteiger partial charge in [-0.1, -0.05) is 12.1 Å². The Bertz CT molecular complexity index is 454. The van der Waals surface area contributed by atoms with Crippen LogP contribution in [0.3, 0.4) is 0 Å². The Morgan fingerprint density at radius 2 is 2.15 bits per heavy atom. The average molecular weight is 290 g/mol. The van der Waals surface area contributed by atoms with Crippen LogP contribution in [0.2, 0.25) is 0 Å². The van der Waals surface area contributed by atoms with Crippen molar-refractivity contribution in [3.63, 3.8) is 0 Å². The van der Waals surface area contributed by atoms with E-state index in [-0.39, 0.29) is 5.91 Å². The van der Waals surface area contributed by atoms with Crippen molar-refractivity contribution < 1.29 is 4.79 Å². The molecule has 1 amide bonds. The second kappa shape index (κ2) is 6.64. The summed E-state index contributed by atoms with van der Waals surface area (Å²) < 4.78 is 0. The van der Waals surface area contributed by atoms with E-state index >= 15 is 0 Å². The number of carbonyl (C=O) groups excluding carboxylic acids is 1. The van der Waals surface area contributed by atoms with Gasteiger partial charge in [0.15, 0.2) is 0 Å². The fraction of sp³-hybridized carbons (Fsp3) is 0.562. The predicted octanol–water partition coefficient (Wildman–Crippen LogP) is 2.66. The first-order chi connectivity index (χ1) is 9.83. The van der Waals surface area contributed by atoms with Crippen LogP contribution in [0, 0.1) is 5.92 Å². The first kappa shape index (κ1) is 14.0. The van der Waals surface area contributed by atoms with Crippen molar-refractivity contribution in [3.8, 4) is 0 Å². The van der Waals surface area contributed by atoms with Crippen molar-refractivity contribution in [1.82, 2.24) is 5.32 Å². The molecular weight excluding hydrogens is 268 g/mol. The van der Waals surface area contributed by atoms with E-state index < -0.39 is 0 Å². The molecule has 2 aliphatic rings. The van der Waals surface area contributed by atoms with Gasteiger partial charge in [-0.2, -0.15) is 11.8 Å². The van der Waals surface area contributed by atoms with Gasteiger partial charge in [-0.15, -0.1) is 0 Å². The molecule has 1 N–H and O–H groups in total. The highest BCUT2D eigenvalue weighted by atomic mass is 32.2. The molecule has 1 unspecified atom stereocenters. The Labute approximate surface area is 125 Å². The lowest BCUT2D eigenvalue weighted by molar-refractivity contribution is -0.117. The molecule has 1 atom stereocenters. The van der Waals surface area contributed by atoms with Gasteiger partial charge in [-0.3, -0.25) is 4.79 Å². The second-order valence-electron chi connectivity index (χ2n) is 5.68. The molecule has 0 aromatic heterocycles. The summed E-state index contributed by atoms with van der Waals surface area (Å²) >= 11 is 2.07. The summed E-state index contributed by atoms with van der Waals surface area (Å²) in [5, 5.41) is 3.55. The first-order valence-electron chi connectivity index (χ1n) is 7.51. The molecular formula is C16H22N2OS. The molecule has 108 valence electrons. The number of benzene rings is 1. The summed E-state index contributed by atoms with van der Waals surface area (Å²) in [6.07, 6.45) is 3.04. The molecule has 4 heteroatoms. The van der Waals surface area contributed by atoms with E-state index in [1.54, 1.807) is 0 Å². The molecule has 2 heterocycles. The highest BCUT2D eigenvalue weighted by molar-refractivity contribution is 7.99. The first-order valence-corrected chi connectivity index (χ1v) is 8.66. The Hall–Kier alpha value is -1.00. The maximum Gasteiger partial charge on any atom is 0.227 e. The largest absolute Gasteiger partial charge is 0.312 e. The van der Waals surface area contributed by atoms with Gasteiger partial charge >= 0.3 is 0 Å². The monoisotopic (exact) mass is 290 g/mol. The van der Waals surface area contributed by atoms with Crippen molar-refractivity contribution in [1.29, 1.82) is 0 Å². The van der Waals surface area contributed by atoms with Crippen LogP contribution >= 0.6 is 11.8 Å².